The van der Waals surface area contributed by atoms with Gasteiger partial charge < -0.3 is 15.4 Å². The zero-order chi connectivity index (χ0) is 31.2. The molecule has 3 rings (SSSR count). The van der Waals surface area contributed by atoms with Crippen LogP contribution in [0.5, 0.6) is 0 Å². The molecule has 0 bridgehead atoms. The first-order valence-corrected chi connectivity index (χ1v) is 17.0. The molecule has 1 aliphatic carbocycles. The van der Waals surface area contributed by atoms with Gasteiger partial charge in [-0.1, -0.05) is 77.8 Å². The number of nitrogens with two attached hydrogens (primary N) is 1. The Kier molecular flexibility index (Phi) is 19.0. The Morgan fingerprint density at radius 2 is 1.86 bits per heavy atom. The molecule has 42 heavy (non-hydrogen) atoms. The lowest BCUT2D eigenvalue weighted by Gasteiger charge is -2.27. The Morgan fingerprint density at radius 3 is 2.29 bits per heavy atom. The molecule has 2 aliphatic rings. The molecule has 2 heterocycles. The number of hydrogen-bond acceptors (Lipinski definition) is 7. The highest BCUT2D eigenvalue weighted by molar-refractivity contribution is 8.04. The van der Waals surface area contributed by atoms with Gasteiger partial charge in [0.05, 0.1) is 9.91 Å². The molecule has 6 nitrogen and oxygen atoms in total. The van der Waals surface area contributed by atoms with E-state index in [9.17, 15) is 9.59 Å². The summed E-state index contributed by atoms with van der Waals surface area (Å²) in [5, 5.41) is 0.933. The van der Waals surface area contributed by atoms with Crippen molar-refractivity contribution >= 4 is 40.8 Å². The fourth-order valence-corrected chi connectivity index (χ4v) is 6.03. The smallest absolute Gasteiger partial charge is 0.410 e. The molecular weight excluding hydrogens is 563 g/mol. The number of carbonyl (C=O) groups is 2. The molecule has 1 amide bonds. The summed E-state index contributed by atoms with van der Waals surface area (Å²) in [6.07, 6.45) is 12.8. The molecule has 1 aliphatic heterocycles. The number of ketones is 1. The van der Waals surface area contributed by atoms with Crippen LogP contribution in [-0.4, -0.2) is 46.2 Å². The van der Waals surface area contributed by atoms with E-state index in [-0.39, 0.29) is 19.3 Å². The van der Waals surface area contributed by atoms with E-state index < -0.39 is 5.60 Å². The number of allylic oxidation sites excluding steroid dienone is 6. The van der Waals surface area contributed by atoms with Gasteiger partial charge in [0.25, 0.3) is 0 Å². The summed E-state index contributed by atoms with van der Waals surface area (Å²) in [6, 6.07) is 0. The van der Waals surface area contributed by atoms with Crippen LogP contribution in [0.4, 0.5) is 10.6 Å². The summed E-state index contributed by atoms with van der Waals surface area (Å²) in [5.41, 5.74) is 7.96. The number of rotatable bonds is 9. The number of thiazole rings is 1. The molecule has 0 fully saturated rings. The molecule has 240 valence electrons. The SMILES string of the molecule is C.CC1=CCC(C)C=C1.CCCN(CCC(C)CC)C(=O)OC(C)(C)C.CCc1nc(N)c(C(=O)C2=C(C)CCS2)s1. The normalized spacial score (nSPS) is 16.7. The fraction of sp³-hybridized carbons (Fsp3) is 0.676. The van der Waals surface area contributed by atoms with Crippen molar-refractivity contribution in [3.8, 4) is 0 Å². The van der Waals surface area contributed by atoms with E-state index in [0.717, 1.165) is 66.8 Å². The number of thioether (sulfide) groups is 1. The van der Waals surface area contributed by atoms with Gasteiger partial charge >= 0.3 is 6.09 Å². The Hall–Kier alpha value is -2.06. The lowest BCUT2D eigenvalue weighted by molar-refractivity contribution is 0.0241. The first kappa shape index (κ1) is 39.9. The van der Waals surface area contributed by atoms with Crippen molar-refractivity contribution in [3.63, 3.8) is 0 Å². The summed E-state index contributed by atoms with van der Waals surface area (Å²) in [7, 11) is 0. The predicted octanol–water partition coefficient (Wildman–Crippen LogP) is 10.1. The van der Waals surface area contributed by atoms with Gasteiger partial charge in [-0.2, -0.15) is 0 Å². The molecule has 0 aromatic carbocycles. The summed E-state index contributed by atoms with van der Waals surface area (Å²) in [5.74, 6) is 2.89. The zero-order valence-corrected chi connectivity index (χ0v) is 28.9. The van der Waals surface area contributed by atoms with Crippen molar-refractivity contribution in [1.82, 2.24) is 9.88 Å². The van der Waals surface area contributed by atoms with Crippen molar-refractivity contribution in [2.75, 3.05) is 24.6 Å². The second-order valence-electron chi connectivity index (χ2n) is 12.0. The number of hydrogen-bond donors (Lipinski definition) is 1. The van der Waals surface area contributed by atoms with Crippen LogP contribution in [0.1, 0.15) is 123 Å². The molecular formula is C34H59N3O3S2. The quantitative estimate of drug-likeness (QED) is 0.276. The van der Waals surface area contributed by atoms with Crippen molar-refractivity contribution in [2.24, 2.45) is 11.8 Å². The highest BCUT2D eigenvalue weighted by Gasteiger charge is 2.24. The number of nitrogen functional groups attached to an aromatic ring is 1. The highest BCUT2D eigenvalue weighted by Crippen LogP contribution is 2.36. The minimum Gasteiger partial charge on any atom is -0.444 e. The molecule has 1 aromatic heterocycles. The Morgan fingerprint density at radius 1 is 1.19 bits per heavy atom. The first-order chi connectivity index (χ1) is 19.2. The van der Waals surface area contributed by atoms with E-state index in [4.69, 9.17) is 10.5 Å². The summed E-state index contributed by atoms with van der Waals surface area (Å²) >= 11 is 3.06. The van der Waals surface area contributed by atoms with Gasteiger partial charge in [0, 0.05) is 18.8 Å². The molecule has 1 aromatic rings. The second-order valence-corrected chi connectivity index (χ2v) is 14.2. The van der Waals surface area contributed by atoms with Crippen molar-refractivity contribution in [1.29, 1.82) is 0 Å². The van der Waals surface area contributed by atoms with Crippen LogP contribution in [-0.2, 0) is 11.2 Å². The number of carbonyl (C=O) groups excluding carboxylic acids is 2. The highest BCUT2D eigenvalue weighted by atomic mass is 32.2. The van der Waals surface area contributed by atoms with Crippen molar-refractivity contribution in [2.45, 2.75) is 121 Å². The summed E-state index contributed by atoms with van der Waals surface area (Å²) in [6.45, 7) is 22.2. The van der Waals surface area contributed by atoms with Gasteiger partial charge in [0.1, 0.15) is 16.3 Å². The number of aryl methyl sites for hydroxylation is 1. The maximum absolute atomic E-state index is 12.2. The van der Waals surface area contributed by atoms with Crippen LogP contribution in [0.2, 0.25) is 0 Å². The van der Waals surface area contributed by atoms with E-state index in [1.807, 2.05) is 39.5 Å². The number of Topliss-reactive ketones (excluding diaryl/α,β-unsaturated/α-hetero) is 1. The molecule has 2 atom stereocenters. The largest absolute Gasteiger partial charge is 0.444 e. The third-order valence-electron chi connectivity index (χ3n) is 6.76. The van der Waals surface area contributed by atoms with Gasteiger partial charge in [-0.25, -0.2) is 9.78 Å². The number of amides is 1. The molecule has 8 heteroatoms. The Labute approximate surface area is 265 Å². The number of aromatic nitrogens is 1. The number of anilines is 1. The van der Waals surface area contributed by atoms with Gasteiger partial charge in [-0.05, 0) is 78.6 Å². The predicted molar refractivity (Wildman–Crippen MR) is 186 cm³/mol. The zero-order valence-electron chi connectivity index (χ0n) is 27.3. The monoisotopic (exact) mass is 621 g/mol. The third-order valence-corrected chi connectivity index (χ3v) is 9.20. The van der Waals surface area contributed by atoms with Crippen LogP contribution in [0.3, 0.4) is 0 Å². The van der Waals surface area contributed by atoms with Crippen LogP contribution in [0.25, 0.3) is 0 Å². The van der Waals surface area contributed by atoms with E-state index in [2.05, 4.69) is 57.8 Å². The van der Waals surface area contributed by atoms with Crippen LogP contribution in [0, 0.1) is 11.8 Å². The summed E-state index contributed by atoms with van der Waals surface area (Å²) < 4.78 is 5.41. The van der Waals surface area contributed by atoms with Gasteiger partial charge in [0.2, 0.25) is 5.78 Å². The first-order valence-electron chi connectivity index (χ1n) is 15.2. The van der Waals surface area contributed by atoms with Gasteiger partial charge in [-0.15, -0.1) is 23.1 Å². The minimum absolute atomic E-state index is 0. The lowest BCUT2D eigenvalue weighted by atomic mass is 10.00. The standard InChI is InChI=1S/C14H29NO2.C11H14N2OS2.C8H12.CH4/c1-7-10-15(11-9-12(3)8-2)13(16)17-14(4,5)6;1-3-7-13-11(12)10(16-7)8(14)9-6(2)4-5-15-9;1-7-3-5-8(2)6-4-7;/h12H,7-11H2,1-6H3;3-5,12H2,1-2H3;3-5,8H,6H2,1-2H3;1H4. The molecule has 0 saturated carbocycles. The fourth-order valence-electron chi connectivity index (χ4n) is 3.90. The maximum atomic E-state index is 12.2. The number of nitrogens with zero attached hydrogens (tertiary/aromatic N) is 2. The molecule has 2 N–H and O–H groups in total. The average Bonchev–Trinajstić information content (AvgIpc) is 3.52. The lowest BCUT2D eigenvalue weighted by Crippen LogP contribution is -2.38. The molecule has 2 unspecified atom stereocenters. The molecule has 0 spiro atoms. The van der Waals surface area contributed by atoms with Crippen LogP contribution < -0.4 is 5.73 Å². The Bertz CT molecular complexity index is 1070. The van der Waals surface area contributed by atoms with Crippen LogP contribution in [0.15, 0.2) is 34.3 Å². The maximum Gasteiger partial charge on any atom is 0.410 e. The molecule has 0 saturated heterocycles. The van der Waals surface area contributed by atoms with E-state index >= 15 is 0 Å². The van der Waals surface area contributed by atoms with Gasteiger partial charge in [0.15, 0.2) is 0 Å². The molecule has 0 radical (unpaired) electrons. The van der Waals surface area contributed by atoms with Crippen molar-refractivity contribution in [3.05, 3.63) is 44.2 Å². The van der Waals surface area contributed by atoms with Crippen molar-refractivity contribution < 1.29 is 14.3 Å². The van der Waals surface area contributed by atoms with Gasteiger partial charge in [-0.3, -0.25) is 4.79 Å². The van der Waals surface area contributed by atoms with E-state index in [0.29, 0.717) is 16.6 Å². The third kappa shape index (κ3) is 14.9. The van der Waals surface area contributed by atoms with Crippen LogP contribution >= 0.6 is 23.1 Å². The Balaban J connectivity index is 0.000000627. The van der Waals surface area contributed by atoms with E-state index in [1.54, 1.807) is 11.8 Å². The summed E-state index contributed by atoms with van der Waals surface area (Å²) in [4.78, 5) is 31.7. The minimum atomic E-state index is -0.403. The number of ether oxygens (including phenoxy) is 1. The average molecular weight is 622 g/mol. The van der Waals surface area contributed by atoms with E-state index in [1.165, 1.54) is 28.9 Å². The second kappa shape index (κ2) is 20.0. The topological polar surface area (TPSA) is 85.5 Å².